The summed E-state index contributed by atoms with van der Waals surface area (Å²) in [4.78, 5) is 11.6. The highest BCUT2D eigenvalue weighted by Gasteiger charge is 2.20. The number of ketones is 1. The smallest absolute Gasteiger partial charge is 0.163 e. The Morgan fingerprint density at radius 2 is 1.88 bits per heavy atom. The number of ether oxygens (including phenoxy) is 1. The van der Waals surface area contributed by atoms with Crippen LogP contribution < -0.4 is 4.74 Å². The SMILES string of the molecule is CC(=O)c1ccc(C)c(C)c1OC1CCCC1. The van der Waals surface area contributed by atoms with Gasteiger partial charge in [-0.1, -0.05) is 6.07 Å². The molecule has 2 nitrogen and oxygen atoms in total. The molecule has 0 radical (unpaired) electrons. The van der Waals surface area contributed by atoms with Crippen LogP contribution in [-0.4, -0.2) is 11.9 Å². The summed E-state index contributed by atoms with van der Waals surface area (Å²) in [5, 5.41) is 0. The summed E-state index contributed by atoms with van der Waals surface area (Å²) in [6.45, 7) is 5.69. The highest BCUT2D eigenvalue weighted by Crippen LogP contribution is 2.31. The molecule has 1 saturated carbocycles. The average molecular weight is 232 g/mol. The lowest BCUT2D eigenvalue weighted by atomic mass is 10.0. The predicted molar refractivity (Wildman–Crippen MR) is 68.8 cm³/mol. The summed E-state index contributed by atoms with van der Waals surface area (Å²) in [6, 6.07) is 3.88. The number of aryl methyl sites for hydroxylation is 1. The van der Waals surface area contributed by atoms with Crippen molar-refractivity contribution >= 4 is 5.78 Å². The Morgan fingerprint density at radius 3 is 2.47 bits per heavy atom. The number of hydrogen-bond acceptors (Lipinski definition) is 2. The van der Waals surface area contributed by atoms with Gasteiger partial charge in [-0.3, -0.25) is 4.79 Å². The zero-order valence-electron chi connectivity index (χ0n) is 10.9. The van der Waals surface area contributed by atoms with Crippen molar-refractivity contribution < 1.29 is 9.53 Å². The molecule has 1 fully saturated rings. The van der Waals surface area contributed by atoms with Crippen molar-refractivity contribution in [1.82, 2.24) is 0 Å². The summed E-state index contributed by atoms with van der Waals surface area (Å²) in [5.41, 5.74) is 3.01. The Morgan fingerprint density at radius 1 is 1.24 bits per heavy atom. The second kappa shape index (κ2) is 4.91. The molecule has 0 spiro atoms. The lowest BCUT2D eigenvalue weighted by Gasteiger charge is -2.19. The predicted octanol–water partition coefficient (Wildman–Crippen LogP) is 3.83. The quantitative estimate of drug-likeness (QED) is 0.740. The lowest BCUT2D eigenvalue weighted by molar-refractivity contribution is 0.101. The van der Waals surface area contributed by atoms with Crippen LogP contribution in [-0.2, 0) is 0 Å². The van der Waals surface area contributed by atoms with Gasteiger partial charge in [0.1, 0.15) is 5.75 Å². The van der Waals surface area contributed by atoms with E-state index in [0.29, 0.717) is 6.10 Å². The van der Waals surface area contributed by atoms with Gasteiger partial charge in [0.05, 0.1) is 11.7 Å². The minimum absolute atomic E-state index is 0.0843. The summed E-state index contributed by atoms with van der Waals surface area (Å²) < 4.78 is 6.06. The van der Waals surface area contributed by atoms with Gasteiger partial charge in [0.15, 0.2) is 5.78 Å². The highest BCUT2D eigenvalue weighted by molar-refractivity contribution is 5.97. The number of benzene rings is 1. The summed E-state index contributed by atoms with van der Waals surface area (Å²) in [5.74, 6) is 0.894. The van der Waals surface area contributed by atoms with E-state index in [1.807, 2.05) is 19.1 Å². The first kappa shape index (κ1) is 12.2. The molecule has 17 heavy (non-hydrogen) atoms. The van der Waals surface area contributed by atoms with Crippen LogP contribution in [0.5, 0.6) is 5.75 Å². The zero-order chi connectivity index (χ0) is 12.4. The van der Waals surface area contributed by atoms with Gasteiger partial charge < -0.3 is 4.74 Å². The third-order valence-electron chi connectivity index (χ3n) is 3.64. The molecule has 2 rings (SSSR count). The second-order valence-electron chi connectivity index (χ2n) is 4.96. The Labute approximate surface area is 103 Å². The summed E-state index contributed by atoms with van der Waals surface area (Å²) in [7, 11) is 0. The molecule has 0 bridgehead atoms. The number of carbonyl (C=O) groups excluding carboxylic acids is 1. The monoisotopic (exact) mass is 232 g/mol. The Balaban J connectivity index is 2.34. The molecule has 0 N–H and O–H groups in total. The minimum atomic E-state index is 0.0843. The first-order chi connectivity index (χ1) is 8.09. The van der Waals surface area contributed by atoms with Crippen molar-refractivity contribution in [2.75, 3.05) is 0 Å². The van der Waals surface area contributed by atoms with Crippen LogP contribution in [0.1, 0.15) is 54.1 Å². The molecule has 0 aliphatic heterocycles. The van der Waals surface area contributed by atoms with E-state index in [2.05, 4.69) is 6.92 Å². The third kappa shape index (κ3) is 2.51. The first-order valence-corrected chi connectivity index (χ1v) is 6.37. The van der Waals surface area contributed by atoms with Gasteiger partial charge in [-0.15, -0.1) is 0 Å². The molecule has 0 heterocycles. The molecule has 0 saturated heterocycles. The van der Waals surface area contributed by atoms with Crippen molar-refractivity contribution in [3.63, 3.8) is 0 Å². The van der Waals surface area contributed by atoms with E-state index in [-0.39, 0.29) is 5.78 Å². The van der Waals surface area contributed by atoms with Crippen LogP contribution >= 0.6 is 0 Å². The van der Waals surface area contributed by atoms with E-state index in [4.69, 9.17) is 4.74 Å². The first-order valence-electron chi connectivity index (χ1n) is 6.37. The fourth-order valence-electron chi connectivity index (χ4n) is 2.39. The van der Waals surface area contributed by atoms with Gasteiger partial charge in [0.2, 0.25) is 0 Å². The van der Waals surface area contributed by atoms with Gasteiger partial charge in [-0.25, -0.2) is 0 Å². The van der Waals surface area contributed by atoms with E-state index in [9.17, 15) is 4.79 Å². The molecule has 1 aliphatic carbocycles. The maximum Gasteiger partial charge on any atom is 0.163 e. The van der Waals surface area contributed by atoms with Gasteiger partial charge in [-0.2, -0.15) is 0 Å². The second-order valence-corrected chi connectivity index (χ2v) is 4.96. The number of Topliss-reactive ketones (excluding diaryl/α,β-unsaturated/α-hetero) is 1. The standard InChI is InChI=1S/C15H20O2/c1-10-8-9-14(12(3)16)15(11(10)2)17-13-6-4-5-7-13/h8-9,13H,4-7H2,1-3H3. The molecule has 0 aromatic heterocycles. The molecule has 0 unspecified atom stereocenters. The van der Waals surface area contributed by atoms with Crippen molar-refractivity contribution in [3.05, 3.63) is 28.8 Å². The summed E-state index contributed by atoms with van der Waals surface area (Å²) in [6.07, 6.45) is 5.01. The molecule has 1 aliphatic rings. The van der Waals surface area contributed by atoms with E-state index < -0.39 is 0 Å². The van der Waals surface area contributed by atoms with E-state index in [0.717, 1.165) is 29.7 Å². The molecule has 0 atom stereocenters. The van der Waals surface area contributed by atoms with Crippen LogP contribution in [0.4, 0.5) is 0 Å². The third-order valence-corrected chi connectivity index (χ3v) is 3.64. The Bertz CT molecular complexity index is 429. The van der Waals surface area contributed by atoms with Gasteiger partial charge in [0.25, 0.3) is 0 Å². The van der Waals surface area contributed by atoms with Gasteiger partial charge in [0, 0.05) is 0 Å². The topological polar surface area (TPSA) is 26.3 Å². The molecule has 1 aromatic rings. The van der Waals surface area contributed by atoms with Crippen molar-refractivity contribution in [2.45, 2.75) is 52.6 Å². The number of rotatable bonds is 3. The van der Waals surface area contributed by atoms with E-state index in [1.54, 1.807) is 6.92 Å². The van der Waals surface area contributed by atoms with Crippen LogP contribution in [0.15, 0.2) is 12.1 Å². The molecular formula is C15H20O2. The van der Waals surface area contributed by atoms with Crippen molar-refractivity contribution in [2.24, 2.45) is 0 Å². The highest BCUT2D eigenvalue weighted by atomic mass is 16.5. The number of carbonyl (C=O) groups is 1. The zero-order valence-corrected chi connectivity index (χ0v) is 10.9. The minimum Gasteiger partial charge on any atom is -0.489 e. The lowest BCUT2D eigenvalue weighted by Crippen LogP contribution is -2.14. The maximum atomic E-state index is 11.6. The van der Waals surface area contributed by atoms with Gasteiger partial charge >= 0.3 is 0 Å². The maximum absolute atomic E-state index is 11.6. The van der Waals surface area contributed by atoms with Gasteiger partial charge in [-0.05, 0) is 63.6 Å². The fraction of sp³-hybridized carbons (Fsp3) is 0.533. The number of hydrogen-bond donors (Lipinski definition) is 0. The van der Waals surface area contributed by atoms with Crippen molar-refractivity contribution in [3.8, 4) is 5.75 Å². The van der Waals surface area contributed by atoms with E-state index in [1.165, 1.54) is 18.4 Å². The molecule has 0 amide bonds. The van der Waals surface area contributed by atoms with Crippen LogP contribution in [0, 0.1) is 13.8 Å². The largest absolute Gasteiger partial charge is 0.489 e. The molecule has 92 valence electrons. The average Bonchev–Trinajstić information content (AvgIpc) is 2.77. The summed E-state index contributed by atoms with van der Waals surface area (Å²) >= 11 is 0. The Hall–Kier alpha value is -1.31. The van der Waals surface area contributed by atoms with Crippen LogP contribution in [0.2, 0.25) is 0 Å². The fourth-order valence-corrected chi connectivity index (χ4v) is 2.39. The normalized spacial score (nSPS) is 16.2. The van der Waals surface area contributed by atoms with Crippen molar-refractivity contribution in [1.29, 1.82) is 0 Å². The van der Waals surface area contributed by atoms with Crippen LogP contribution in [0.25, 0.3) is 0 Å². The Kier molecular flexibility index (Phi) is 3.51. The molecular weight excluding hydrogens is 212 g/mol. The molecule has 1 aromatic carbocycles. The van der Waals surface area contributed by atoms with Crippen LogP contribution in [0.3, 0.4) is 0 Å². The van der Waals surface area contributed by atoms with E-state index >= 15 is 0 Å². The molecule has 2 heteroatoms.